The van der Waals surface area contributed by atoms with Crippen molar-refractivity contribution in [2.45, 2.75) is 13.3 Å². The Morgan fingerprint density at radius 3 is 2.68 bits per heavy atom. The van der Waals surface area contributed by atoms with Crippen LogP contribution in [0.2, 0.25) is 0 Å². The minimum Gasteiger partial charge on any atom is -0.478 e. The van der Waals surface area contributed by atoms with Gasteiger partial charge in [-0.05, 0) is 30.2 Å². The van der Waals surface area contributed by atoms with Crippen molar-refractivity contribution < 1.29 is 22.7 Å². The molecule has 0 saturated carbocycles. The Morgan fingerprint density at radius 2 is 2.16 bits per heavy atom. The van der Waals surface area contributed by atoms with E-state index in [2.05, 4.69) is 4.72 Å². The zero-order valence-corrected chi connectivity index (χ0v) is 11.1. The van der Waals surface area contributed by atoms with E-state index in [1.165, 1.54) is 18.2 Å². The Morgan fingerprint density at radius 1 is 1.47 bits per heavy atom. The first-order chi connectivity index (χ1) is 8.84. The molecular formula is C12H14FNO4S. The lowest BCUT2D eigenvalue weighted by molar-refractivity contribution is -0.131. The molecule has 0 radical (unpaired) electrons. The molecule has 19 heavy (non-hydrogen) atoms. The van der Waals surface area contributed by atoms with Crippen molar-refractivity contribution in [3.8, 4) is 0 Å². The van der Waals surface area contributed by atoms with E-state index >= 15 is 0 Å². The van der Waals surface area contributed by atoms with E-state index in [1.54, 1.807) is 6.92 Å². The van der Waals surface area contributed by atoms with E-state index in [-0.39, 0.29) is 11.4 Å². The van der Waals surface area contributed by atoms with Gasteiger partial charge in [0.1, 0.15) is 5.82 Å². The Kier molecular flexibility index (Phi) is 5.05. The van der Waals surface area contributed by atoms with Crippen LogP contribution in [0.5, 0.6) is 0 Å². The van der Waals surface area contributed by atoms with Crippen molar-refractivity contribution in [1.82, 2.24) is 0 Å². The monoisotopic (exact) mass is 287 g/mol. The molecule has 0 amide bonds. The molecule has 0 heterocycles. The van der Waals surface area contributed by atoms with Crippen LogP contribution in [0.15, 0.2) is 24.3 Å². The molecule has 0 unspecified atom stereocenters. The highest BCUT2D eigenvalue weighted by molar-refractivity contribution is 7.92. The van der Waals surface area contributed by atoms with Crippen molar-refractivity contribution in [3.05, 3.63) is 35.7 Å². The first-order valence-electron chi connectivity index (χ1n) is 5.55. The average molecular weight is 287 g/mol. The maximum Gasteiger partial charge on any atom is 0.328 e. The van der Waals surface area contributed by atoms with Crippen LogP contribution in [0.1, 0.15) is 18.9 Å². The summed E-state index contributed by atoms with van der Waals surface area (Å²) in [5.74, 6) is -1.99. The minimum atomic E-state index is -3.55. The topological polar surface area (TPSA) is 83.5 Å². The molecule has 0 atom stereocenters. The van der Waals surface area contributed by atoms with Gasteiger partial charge in [0.2, 0.25) is 10.0 Å². The van der Waals surface area contributed by atoms with Crippen LogP contribution < -0.4 is 4.72 Å². The SMILES string of the molecule is CCCS(=O)(=O)Nc1ccc(/C=C/C(=O)O)cc1F. The third kappa shape index (κ3) is 5.09. The second kappa shape index (κ2) is 6.33. The maximum atomic E-state index is 13.6. The van der Waals surface area contributed by atoms with E-state index in [4.69, 9.17) is 5.11 Å². The largest absolute Gasteiger partial charge is 0.478 e. The number of anilines is 1. The number of rotatable bonds is 6. The smallest absolute Gasteiger partial charge is 0.328 e. The molecule has 0 saturated heterocycles. The summed E-state index contributed by atoms with van der Waals surface area (Å²) in [5.41, 5.74) is 0.180. The maximum absolute atomic E-state index is 13.6. The summed E-state index contributed by atoms with van der Waals surface area (Å²) in [7, 11) is -3.55. The molecule has 5 nitrogen and oxygen atoms in total. The van der Waals surface area contributed by atoms with Crippen LogP contribution in [0.25, 0.3) is 6.08 Å². The molecule has 0 aromatic heterocycles. The molecule has 1 aromatic rings. The molecule has 0 bridgehead atoms. The highest BCUT2D eigenvalue weighted by atomic mass is 32.2. The van der Waals surface area contributed by atoms with E-state index in [1.807, 2.05) is 0 Å². The molecule has 0 aliphatic carbocycles. The summed E-state index contributed by atoms with van der Waals surface area (Å²) in [5, 5.41) is 8.44. The second-order valence-electron chi connectivity index (χ2n) is 3.83. The number of carboxylic acids is 1. The van der Waals surface area contributed by atoms with Crippen molar-refractivity contribution >= 4 is 27.8 Å². The molecular weight excluding hydrogens is 273 g/mol. The summed E-state index contributed by atoms with van der Waals surface area (Å²) in [4.78, 5) is 10.3. The molecule has 2 N–H and O–H groups in total. The van der Waals surface area contributed by atoms with E-state index in [0.717, 1.165) is 12.1 Å². The van der Waals surface area contributed by atoms with Crippen LogP contribution in [0.3, 0.4) is 0 Å². The van der Waals surface area contributed by atoms with Crippen molar-refractivity contribution in [2.24, 2.45) is 0 Å². The molecule has 0 fully saturated rings. The molecule has 0 spiro atoms. The van der Waals surface area contributed by atoms with Gasteiger partial charge in [-0.2, -0.15) is 0 Å². The lowest BCUT2D eigenvalue weighted by Crippen LogP contribution is -2.16. The predicted molar refractivity (Wildman–Crippen MR) is 70.8 cm³/mol. The minimum absolute atomic E-state index is 0.0902. The Bertz CT molecular complexity index is 596. The highest BCUT2D eigenvalue weighted by Crippen LogP contribution is 2.18. The second-order valence-corrected chi connectivity index (χ2v) is 5.67. The summed E-state index contributed by atoms with van der Waals surface area (Å²) >= 11 is 0. The van der Waals surface area contributed by atoms with Gasteiger partial charge in [0, 0.05) is 6.08 Å². The molecule has 104 valence electrons. The zero-order chi connectivity index (χ0) is 14.5. The van der Waals surface area contributed by atoms with Gasteiger partial charge < -0.3 is 5.11 Å². The number of nitrogens with one attached hydrogen (secondary N) is 1. The van der Waals surface area contributed by atoms with Gasteiger partial charge in [0.15, 0.2) is 0 Å². The number of carboxylic acid groups (broad SMARTS) is 1. The number of halogens is 1. The molecule has 0 aliphatic heterocycles. The van der Waals surface area contributed by atoms with Crippen molar-refractivity contribution in [3.63, 3.8) is 0 Å². The molecule has 1 rings (SSSR count). The number of hydrogen-bond donors (Lipinski definition) is 2. The Hall–Kier alpha value is -1.89. The predicted octanol–water partition coefficient (Wildman–Crippen LogP) is 2.08. The Balaban J connectivity index is 2.92. The number of sulfonamides is 1. The van der Waals surface area contributed by atoms with E-state index in [9.17, 15) is 17.6 Å². The summed E-state index contributed by atoms with van der Waals surface area (Å²) < 4.78 is 38.7. The fourth-order valence-corrected chi connectivity index (χ4v) is 2.51. The Labute approximate surface area is 110 Å². The fourth-order valence-electron chi connectivity index (χ4n) is 1.37. The van der Waals surface area contributed by atoms with Crippen LogP contribution in [-0.2, 0) is 14.8 Å². The standard InChI is InChI=1S/C12H14FNO4S/c1-2-7-19(17,18)14-11-5-3-9(8-10(11)13)4-6-12(15)16/h3-6,8,14H,2,7H2,1H3,(H,15,16)/b6-4+. The van der Waals surface area contributed by atoms with Gasteiger partial charge in [0.25, 0.3) is 0 Å². The summed E-state index contributed by atoms with van der Waals surface area (Å²) in [6.45, 7) is 1.70. The van der Waals surface area contributed by atoms with Crippen LogP contribution in [0, 0.1) is 5.82 Å². The third-order valence-corrected chi connectivity index (χ3v) is 3.63. The van der Waals surface area contributed by atoms with E-state index < -0.39 is 21.8 Å². The first-order valence-corrected chi connectivity index (χ1v) is 7.20. The lowest BCUT2D eigenvalue weighted by Gasteiger charge is -2.08. The third-order valence-electron chi connectivity index (χ3n) is 2.15. The van der Waals surface area contributed by atoms with Gasteiger partial charge >= 0.3 is 5.97 Å². The number of aliphatic carboxylic acids is 1. The van der Waals surface area contributed by atoms with Crippen LogP contribution in [0.4, 0.5) is 10.1 Å². The average Bonchev–Trinajstić information content (AvgIpc) is 2.29. The number of carbonyl (C=O) groups is 1. The zero-order valence-electron chi connectivity index (χ0n) is 10.3. The first kappa shape index (κ1) is 15.2. The van der Waals surface area contributed by atoms with Gasteiger partial charge in [-0.3, -0.25) is 4.72 Å². The van der Waals surface area contributed by atoms with Crippen LogP contribution in [-0.4, -0.2) is 25.2 Å². The van der Waals surface area contributed by atoms with E-state index in [0.29, 0.717) is 12.0 Å². The van der Waals surface area contributed by atoms with Gasteiger partial charge in [-0.25, -0.2) is 17.6 Å². The molecule has 0 aliphatic rings. The van der Waals surface area contributed by atoms with Gasteiger partial charge in [0.05, 0.1) is 11.4 Å². The normalized spacial score (nSPS) is 11.7. The highest BCUT2D eigenvalue weighted by Gasteiger charge is 2.12. The number of benzene rings is 1. The fraction of sp³-hybridized carbons (Fsp3) is 0.250. The summed E-state index contributed by atoms with van der Waals surface area (Å²) in [6.07, 6.45) is 2.52. The van der Waals surface area contributed by atoms with Crippen LogP contribution >= 0.6 is 0 Å². The van der Waals surface area contributed by atoms with Gasteiger partial charge in [-0.15, -0.1) is 0 Å². The lowest BCUT2D eigenvalue weighted by atomic mass is 10.2. The molecule has 7 heteroatoms. The summed E-state index contributed by atoms with van der Waals surface area (Å²) in [6, 6.07) is 3.74. The quantitative estimate of drug-likeness (QED) is 0.785. The van der Waals surface area contributed by atoms with Crippen molar-refractivity contribution in [1.29, 1.82) is 0 Å². The van der Waals surface area contributed by atoms with Crippen molar-refractivity contribution in [2.75, 3.05) is 10.5 Å². The van der Waals surface area contributed by atoms with Gasteiger partial charge in [-0.1, -0.05) is 13.0 Å². The number of hydrogen-bond acceptors (Lipinski definition) is 3. The molecule has 1 aromatic carbocycles.